The Hall–Kier alpha value is -1.78. The van der Waals surface area contributed by atoms with Gasteiger partial charge in [0, 0.05) is 24.2 Å². The topological polar surface area (TPSA) is 61.8 Å². The molecule has 0 amide bonds. The maximum Gasteiger partial charge on any atom is 0.144 e. The van der Waals surface area contributed by atoms with Crippen LogP contribution in [0.5, 0.6) is 0 Å². The number of hydrogen-bond acceptors (Lipinski definition) is 3. The molecule has 0 bridgehead atoms. The maximum absolute atomic E-state index is 13.3. The summed E-state index contributed by atoms with van der Waals surface area (Å²) in [6.07, 6.45) is 3.86. The van der Waals surface area contributed by atoms with E-state index in [2.05, 4.69) is 10.1 Å². The van der Waals surface area contributed by atoms with Crippen LogP contribution in [0.3, 0.4) is 0 Å². The summed E-state index contributed by atoms with van der Waals surface area (Å²) in [6.45, 7) is 5.83. The first kappa shape index (κ1) is 15.6. The third-order valence-electron chi connectivity index (χ3n) is 4.32. The summed E-state index contributed by atoms with van der Waals surface area (Å²) in [5.74, 6) is 0.102. The van der Waals surface area contributed by atoms with Crippen molar-refractivity contribution >= 4 is 11.5 Å². The van der Waals surface area contributed by atoms with E-state index in [9.17, 15) is 4.39 Å². The molecule has 3 N–H and O–H groups in total. The predicted octanol–water partition coefficient (Wildman–Crippen LogP) is 3.13. The summed E-state index contributed by atoms with van der Waals surface area (Å²) in [4.78, 5) is 2.24. The predicted molar refractivity (Wildman–Crippen MR) is 83.4 cm³/mol. The van der Waals surface area contributed by atoms with Gasteiger partial charge in [0.15, 0.2) is 0 Å². The number of oxime groups is 1. The van der Waals surface area contributed by atoms with Crippen LogP contribution in [0.2, 0.25) is 0 Å². The zero-order valence-electron chi connectivity index (χ0n) is 12.8. The van der Waals surface area contributed by atoms with Crippen LogP contribution >= 0.6 is 0 Å². The zero-order chi connectivity index (χ0) is 15.5. The largest absolute Gasteiger partial charge is 0.409 e. The number of nitrogens with zero attached hydrogens (tertiary/aromatic N) is 2. The molecule has 0 atom stereocenters. The minimum atomic E-state index is -0.288. The van der Waals surface area contributed by atoms with Crippen molar-refractivity contribution in [2.24, 2.45) is 16.3 Å². The summed E-state index contributed by atoms with van der Waals surface area (Å²) in [6, 6.07) is 5.04. The number of halogens is 1. The van der Waals surface area contributed by atoms with Gasteiger partial charge in [-0.1, -0.05) is 31.5 Å². The number of benzene rings is 1. The molecule has 1 aromatic carbocycles. The Balaban J connectivity index is 1.83. The van der Waals surface area contributed by atoms with E-state index in [0.717, 1.165) is 44.5 Å². The lowest BCUT2D eigenvalue weighted by Crippen LogP contribution is -2.32. The molecule has 21 heavy (non-hydrogen) atoms. The molecule has 1 heterocycles. The van der Waals surface area contributed by atoms with Crippen molar-refractivity contribution < 1.29 is 9.60 Å². The average Bonchev–Trinajstić information content (AvgIpc) is 2.85. The van der Waals surface area contributed by atoms with E-state index in [1.165, 1.54) is 11.6 Å². The molecule has 2 rings (SSSR count). The summed E-state index contributed by atoms with van der Waals surface area (Å²) in [7, 11) is 0. The Morgan fingerprint density at radius 3 is 2.90 bits per heavy atom. The zero-order valence-corrected chi connectivity index (χ0v) is 12.8. The normalized spacial score (nSPS) is 15.4. The van der Waals surface area contributed by atoms with E-state index in [0.29, 0.717) is 0 Å². The highest BCUT2D eigenvalue weighted by Crippen LogP contribution is 2.29. The third kappa shape index (κ3) is 3.65. The standard InChI is InChI=1S/C16H24FN3O/c1-16(2,15(18)19-21)8-3-4-9-20-10-7-12-5-6-13(17)11-14(12)20/h5-6,11,21H,3-4,7-10H2,1-2H3,(H2,18,19). The van der Waals surface area contributed by atoms with Gasteiger partial charge in [0.25, 0.3) is 0 Å². The SMILES string of the molecule is CC(C)(CCCCN1CCc2ccc(F)cc21)/C(N)=N/O. The van der Waals surface area contributed by atoms with Crippen molar-refractivity contribution in [3.8, 4) is 0 Å². The molecule has 1 aromatic rings. The molecule has 0 unspecified atom stereocenters. The second-order valence-corrected chi connectivity index (χ2v) is 6.34. The van der Waals surface area contributed by atoms with Gasteiger partial charge in [-0.15, -0.1) is 0 Å². The van der Waals surface area contributed by atoms with Gasteiger partial charge in [0.05, 0.1) is 0 Å². The van der Waals surface area contributed by atoms with Crippen LogP contribution in [0.4, 0.5) is 10.1 Å². The van der Waals surface area contributed by atoms with Crippen LogP contribution in [-0.2, 0) is 6.42 Å². The summed E-state index contributed by atoms with van der Waals surface area (Å²) < 4.78 is 13.3. The third-order valence-corrected chi connectivity index (χ3v) is 4.32. The van der Waals surface area contributed by atoms with Crippen molar-refractivity contribution in [1.82, 2.24) is 0 Å². The molecule has 1 aliphatic heterocycles. The Labute approximate surface area is 125 Å². The lowest BCUT2D eigenvalue weighted by molar-refractivity contribution is 0.304. The first-order valence-electron chi connectivity index (χ1n) is 7.45. The van der Waals surface area contributed by atoms with Crippen molar-refractivity contribution in [1.29, 1.82) is 0 Å². The molecule has 1 aliphatic rings. The Bertz CT molecular complexity index is 528. The first-order valence-corrected chi connectivity index (χ1v) is 7.45. The van der Waals surface area contributed by atoms with Crippen LogP contribution in [0.1, 0.15) is 38.7 Å². The monoisotopic (exact) mass is 293 g/mol. The number of hydrogen-bond donors (Lipinski definition) is 2. The fraction of sp³-hybridized carbons (Fsp3) is 0.562. The molecule has 0 saturated heterocycles. The second kappa shape index (κ2) is 6.33. The van der Waals surface area contributed by atoms with Gasteiger partial charge in [-0.25, -0.2) is 4.39 Å². The lowest BCUT2D eigenvalue weighted by Gasteiger charge is -2.24. The van der Waals surface area contributed by atoms with Gasteiger partial charge >= 0.3 is 0 Å². The highest BCUT2D eigenvalue weighted by Gasteiger charge is 2.23. The highest BCUT2D eigenvalue weighted by molar-refractivity contribution is 5.85. The summed E-state index contributed by atoms with van der Waals surface area (Å²) in [5.41, 5.74) is 7.66. The number of rotatable bonds is 6. The molecule has 5 heteroatoms. The van der Waals surface area contributed by atoms with Gasteiger partial charge < -0.3 is 15.8 Å². The van der Waals surface area contributed by atoms with Crippen molar-refractivity contribution in [3.05, 3.63) is 29.6 Å². The second-order valence-electron chi connectivity index (χ2n) is 6.34. The molecule has 116 valence electrons. The summed E-state index contributed by atoms with van der Waals surface area (Å²) >= 11 is 0. The van der Waals surface area contributed by atoms with Gasteiger partial charge in [-0.05, 0) is 37.0 Å². The van der Waals surface area contributed by atoms with E-state index in [-0.39, 0.29) is 17.1 Å². The summed E-state index contributed by atoms with van der Waals surface area (Å²) in [5, 5.41) is 11.9. The van der Waals surface area contributed by atoms with Gasteiger partial charge in [-0.3, -0.25) is 0 Å². The highest BCUT2D eigenvalue weighted by atomic mass is 19.1. The minimum Gasteiger partial charge on any atom is -0.409 e. The van der Waals surface area contributed by atoms with E-state index in [1.54, 1.807) is 6.07 Å². The maximum atomic E-state index is 13.3. The minimum absolute atomic E-state index is 0.172. The Morgan fingerprint density at radius 2 is 2.19 bits per heavy atom. The van der Waals surface area contributed by atoms with E-state index in [1.807, 2.05) is 19.9 Å². The molecule has 0 aliphatic carbocycles. The van der Waals surface area contributed by atoms with Gasteiger partial charge in [0.2, 0.25) is 0 Å². The Kier molecular flexibility index (Phi) is 4.70. The Morgan fingerprint density at radius 1 is 1.43 bits per heavy atom. The van der Waals surface area contributed by atoms with E-state index >= 15 is 0 Å². The molecule has 0 aromatic heterocycles. The van der Waals surface area contributed by atoms with Crippen molar-refractivity contribution in [2.75, 3.05) is 18.0 Å². The fourth-order valence-electron chi connectivity index (χ4n) is 2.78. The van der Waals surface area contributed by atoms with Crippen LogP contribution in [0.15, 0.2) is 23.4 Å². The number of anilines is 1. The molecule has 0 fully saturated rings. The molecule has 4 nitrogen and oxygen atoms in total. The first-order chi connectivity index (χ1) is 9.94. The lowest BCUT2D eigenvalue weighted by atomic mass is 9.86. The molecule has 0 spiro atoms. The smallest absolute Gasteiger partial charge is 0.144 e. The molecular formula is C16H24FN3O. The van der Waals surface area contributed by atoms with Crippen LogP contribution in [-0.4, -0.2) is 24.1 Å². The van der Waals surface area contributed by atoms with E-state index < -0.39 is 0 Å². The number of nitrogens with two attached hydrogens (primary N) is 1. The molecular weight excluding hydrogens is 269 g/mol. The van der Waals surface area contributed by atoms with Crippen molar-refractivity contribution in [3.63, 3.8) is 0 Å². The van der Waals surface area contributed by atoms with Gasteiger partial charge in [-0.2, -0.15) is 0 Å². The molecule has 0 radical (unpaired) electrons. The fourth-order valence-corrected chi connectivity index (χ4v) is 2.78. The van der Waals surface area contributed by atoms with Crippen LogP contribution in [0.25, 0.3) is 0 Å². The van der Waals surface area contributed by atoms with Crippen LogP contribution in [0, 0.1) is 11.2 Å². The van der Waals surface area contributed by atoms with Crippen LogP contribution < -0.4 is 10.6 Å². The number of fused-ring (bicyclic) bond motifs is 1. The average molecular weight is 293 g/mol. The van der Waals surface area contributed by atoms with E-state index in [4.69, 9.17) is 10.9 Å². The number of amidine groups is 1. The quantitative estimate of drug-likeness (QED) is 0.278. The number of unbranched alkanes of at least 4 members (excludes halogenated alkanes) is 1. The molecule has 0 saturated carbocycles. The van der Waals surface area contributed by atoms with Gasteiger partial charge in [0.1, 0.15) is 11.7 Å². The van der Waals surface area contributed by atoms with Crippen molar-refractivity contribution in [2.45, 2.75) is 39.5 Å².